The molecule has 9 heteroatoms. The van der Waals surface area contributed by atoms with E-state index in [4.69, 9.17) is 17.3 Å². The number of halogens is 1. The molecule has 1 fully saturated rings. The predicted octanol–water partition coefficient (Wildman–Crippen LogP) is 2.97. The third-order valence-corrected chi connectivity index (χ3v) is 5.02. The van der Waals surface area contributed by atoms with Crippen LogP contribution in [0.25, 0.3) is 6.08 Å². The number of carbonyl (C=O) groups is 3. The van der Waals surface area contributed by atoms with Gasteiger partial charge in [0.25, 0.3) is 5.91 Å². The van der Waals surface area contributed by atoms with E-state index in [9.17, 15) is 19.5 Å². The van der Waals surface area contributed by atoms with Crippen LogP contribution in [0.3, 0.4) is 0 Å². The molecule has 6 nitrogen and oxygen atoms in total. The van der Waals surface area contributed by atoms with Crippen molar-refractivity contribution in [2.75, 3.05) is 0 Å². The number of carbonyl (C=O) groups excluding carboxylic acids is 1. The van der Waals surface area contributed by atoms with E-state index in [1.807, 2.05) is 18.2 Å². The minimum Gasteiger partial charge on any atom is -0.481 e. The standard InChI is InChI=1S/C15H12BrNO5S2/c16-9-3-1-2-8(6-9)7-11-13(20)17(15(23)24-11)10(14(21)22)4-5-12(18)19/h1-3,6-7,10H,4-5H2,(H,18,19)(H,21,22)/b11-7+/t10-/m0/s1. The van der Waals surface area contributed by atoms with Crippen molar-refractivity contribution in [2.24, 2.45) is 0 Å². The third-order valence-electron chi connectivity index (χ3n) is 3.20. The number of thiocarbonyl (C=S) groups is 1. The number of nitrogens with zero attached hydrogens (tertiary/aromatic N) is 1. The van der Waals surface area contributed by atoms with E-state index in [1.165, 1.54) is 0 Å². The SMILES string of the molecule is O=C(O)CC[C@@H](C(=O)O)N1C(=O)/C(=C\c2cccc(Br)c2)SC1=S. The van der Waals surface area contributed by atoms with Crippen molar-refractivity contribution in [2.45, 2.75) is 18.9 Å². The number of carboxylic acids is 2. The van der Waals surface area contributed by atoms with E-state index in [0.717, 1.165) is 26.7 Å². The molecular weight excluding hydrogens is 418 g/mol. The summed E-state index contributed by atoms with van der Waals surface area (Å²) in [5.41, 5.74) is 0.766. The fourth-order valence-corrected chi connectivity index (χ4v) is 3.89. The molecule has 0 unspecified atom stereocenters. The molecule has 2 N–H and O–H groups in total. The lowest BCUT2D eigenvalue weighted by Crippen LogP contribution is -2.44. The molecule has 1 saturated heterocycles. The van der Waals surface area contributed by atoms with E-state index in [1.54, 1.807) is 12.1 Å². The summed E-state index contributed by atoms with van der Waals surface area (Å²) in [5.74, 6) is -2.93. The number of aliphatic carboxylic acids is 2. The highest BCUT2D eigenvalue weighted by Gasteiger charge is 2.40. The molecule has 126 valence electrons. The molecule has 2 rings (SSSR count). The Bertz CT molecular complexity index is 749. The zero-order chi connectivity index (χ0) is 17.9. The van der Waals surface area contributed by atoms with Crippen LogP contribution in [-0.4, -0.2) is 43.3 Å². The van der Waals surface area contributed by atoms with Crippen molar-refractivity contribution in [3.63, 3.8) is 0 Å². The lowest BCUT2D eigenvalue weighted by Gasteiger charge is -2.22. The molecule has 1 amide bonds. The van der Waals surface area contributed by atoms with Gasteiger partial charge in [-0.15, -0.1) is 0 Å². The van der Waals surface area contributed by atoms with Crippen LogP contribution in [-0.2, 0) is 14.4 Å². The molecule has 0 aromatic heterocycles. The smallest absolute Gasteiger partial charge is 0.326 e. The predicted molar refractivity (Wildman–Crippen MR) is 97.4 cm³/mol. The highest BCUT2D eigenvalue weighted by Crippen LogP contribution is 2.35. The summed E-state index contributed by atoms with van der Waals surface area (Å²) < 4.78 is 0.954. The second kappa shape index (κ2) is 7.91. The average molecular weight is 430 g/mol. The summed E-state index contributed by atoms with van der Waals surface area (Å²) in [4.78, 5) is 35.9. The van der Waals surface area contributed by atoms with Gasteiger partial charge in [-0.25, -0.2) is 4.79 Å². The van der Waals surface area contributed by atoms with Crippen LogP contribution in [0.5, 0.6) is 0 Å². The Balaban J connectivity index is 2.26. The molecule has 1 aliphatic heterocycles. The summed E-state index contributed by atoms with van der Waals surface area (Å²) in [6, 6.07) is 5.97. The molecule has 0 spiro atoms. The van der Waals surface area contributed by atoms with Crippen molar-refractivity contribution in [1.82, 2.24) is 4.90 Å². The first kappa shape index (κ1) is 18.6. The molecule has 1 aliphatic rings. The van der Waals surface area contributed by atoms with Crippen molar-refractivity contribution in [3.8, 4) is 0 Å². The van der Waals surface area contributed by atoms with E-state index in [0.29, 0.717) is 4.91 Å². The molecule has 1 heterocycles. The maximum absolute atomic E-state index is 12.5. The van der Waals surface area contributed by atoms with Gasteiger partial charge >= 0.3 is 11.9 Å². The summed E-state index contributed by atoms with van der Waals surface area (Å²) in [6.07, 6.45) is 1.06. The van der Waals surface area contributed by atoms with Gasteiger partial charge in [-0.05, 0) is 30.2 Å². The Labute approximate surface area is 155 Å². The molecule has 0 bridgehead atoms. The van der Waals surface area contributed by atoms with E-state index in [-0.39, 0.29) is 17.2 Å². The van der Waals surface area contributed by atoms with E-state index in [2.05, 4.69) is 15.9 Å². The second-order valence-electron chi connectivity index (χ2n) is 4.89. The van der Waals surface area contributed by atoms with Gasteiger partial charge in [0, 0.05) is 10.9 Å². The second-order valence-corrected chi connectivity index (χ2v) is 7.48. The van der Waals surface area contributed by atoms with Gasteiger partial charge in [0.05, 0.1) is 4.91 Å². The van der Waals surface area contributed by atoms with E-state index < -0.39 is 23.9 Å². The molecule has 1 aromatic carbocycles. The first-order valence-electron chi connectivity index (χ1n) is 6.77. The zero-order valence-electron chi connectivity index (χ0n) is 12.1. The fourth-order valence-electron chi connectivity index (χ4n) is 2.12. The summed E-state index contributed by atoms with van der Waals surface area (Å²) >= 11 is 9.46. The molecule has 0 aliphatic carbocycles. The number of rotatable bonds is 6. The van der Waals surface area contributed by atoms with Crippen molar-refractivity contribution in [3.05, 3.63) is 39.2 Å². The highest BCUT2D eigenvalue weighted by molar-refractivity contribution is 9.10. The number of carboxylic acid groups (broad SMARTS) is 2. The fraction of sp³-hybridized carbons (Fsp3) is 0.200. The number of hydrogen-bond acceptors (Lipinski definition) is 5. The van der Waals surface area contributed by atoms with Crippen LogP contribution >= 0.6 is 39.9 Å². The Morgan fingerprint density at radius 2 is 2.08 bits per heavy atom. The lowest BCUT2D eigenvalue weighted by molar-refractivity contribution is -0.146. The van der Waals surface area contributed by atoms with Gasteiger partial charge in [0.1, 0.15) is 10.4 Å². The monoisotopic (exact) mass is 429 g/mol. The van der Waals surface area contributed by atoms with E-state index >= 15 is 0 Å². The van der Waals surface area contributed by atoms with Gasteiger partial charge in [0.2, 0.25) is 0 Å². The molecule has 0 saturated carbocycles. The highest BCUT2D eigenvalue weighted by atomic mass is 79.9. The van der Waals surface area contributed by atoms with Gasteiger partial charge in [-0.1, -0.05) is 52.0 Å². The topological polar surface area (TPSA) is 94.9 Å². The van der Waals surface area contributed by atoms with Crippen molar-refractivity contribution in [1.29, 1.82) is 0 Å². The Kier molecular flexibility index (Phi) is 6.14. The summed E-state index contributed by atoms with van der Waals surface area (Å²) in [7, 11) is 0. The number of thioether (sulfide) groups is 1. The molecule has 0 radical (unpaired) electrons. The quantitative estimate of drug-likeness (QED) is 0.529. The first-order valence-corrected chi connectivity index (χ1v) is 8.78. The molecule has 24 heavy (non-hydrogen) atoms. The summed E-state index contributed by atoms with van der Waals surface area (Å²) in [5, 5.41) is 18.1. The maximum atomic E-state index is 12.5. The molecule has 1 aromatic rings. The van der Waals surface area contributed by atoms with Crippen molar-refractivity contribution < 1.29 is 24.6 Å². The van der Waals surface area contributed by atoms with Crippen molar-refractivity contribution >= 4 is 68.2 Å². The Morgan fingerprint density at radius 3 is 2.67 bits per heavy atom. The Hall–Kier alpha value is -1.71. The normalized spacial score (nSPS) is 17.4. The van der Waals surface area contributed by atoms with Crippen LogP contribution in [0.1, 0.15) is 18.4 Å². The number of hydrogen-bond donors (Lipinski definition) is 2. The van der Waals surface area contributed by atoms with Crippen LogP contribution in [0.15, 0.2) is 33.6 Å². The van der Waals surface area contributed by atoms with Crippen LogP contribution < -0.4 is 0 Å². The van der Waals surface area contributed by atoms with Crippen LogP contribution in [0.2, 0.25) is 0 Å². The van der Waals surface area contributed by atoms with Crippen LogP contribution in [0, 0.1) is 0 Å². The van der Waals surface area contributed by atoms with Gasteiger partial charge in [-0.2, -0.15) is 0 Å². The first-order chi connectivity index (χ1) is 11.3. The Morgan fingerprint density at radius 1 is 1.38 bits per heavy atom. The maximum Gasteiger partial charge on any atom is 0.326 e. The lowest BCUT2D eigenvalue weighted by atomic mass is 10.1. The average Bonchev–Trinajstić information content (AvgIpc) is 2.74. The molecule has 1 atom stereocenters. The minimum absolute atomic E-state index is 0.110. The zero-order valence-corrected chi connectivity index (χ0v) is 15.4. The molecular formula is C15H12BrNO5S2. The van der Waals surface area contributed by atoms with Gasteiger partial charge < -0.3 is 10.2 Å². The van der Waals surface area contributed by atoms with Crippen LogP contribution in [0.4, 0.5) is 0 Å². The third kappa shape index (κ3) is 4.43. The minimum atomic E-state index is -1.29. The van der Waals surface area contributed by atoms with Gasteiger partial charge in [0.15, 0.2) is 0 Å². The number of benzene rings is 1. The summed E-state index contributed by atoms with van der Waals surface area (Å²) in [6.45, 7) is 0. The van der Waals surface area contributed by atoms with Gasteiger partial charge in [-0.3, -0.25) is 14.5 Å². The largest absolute Gasteiger partial charge is 0.481 e. The number of amides is 1.